The maximum atomic E-state index is 11.8. The Morgan fingerprint density at radius 2 is 1.48 bits per heavy atom. The van der Waals surface area contributed by atoms with E-state index in [1.807, 2.05) is 20.8 Å². The molecule has 7 heteroatoms. The van der Waals surface area contributed by atoms with Crippen molar-refractivity contribution in [1.29, 1.82) is 0 Å². The Morgan fingerprint density at radius 3 is 1.96 bits per heavy atom. The molecule has 1 aromatic carbocycles. The fourth-order valence-corrected chi connectivity index (χ4v) is 1.61. The third-order valence-corrected chi connectivity index (χ3v) is 2.97. The topological polar surface area (TPSA) is 99.3 Å². The van der Waals surface area contributed by atoms with Gasteiger partial charge in [0.1, 0.15) is 0 Å². The molecule has 0 aliphatic rings. The monoisotopic (exact) mass is 320 g/mol. The second-order valence-corrected chi connectivity index (χ2v) is 6.09. The van der Waals surface area contributed by atoms with Crippen LogP contribution in [0, 0.1) is 5.41 Å². The molecular weight excluding hydrogens is 296 g/mol. The largest absolute Gasteiger partial charge is 0.355 e. The van der Waals surface area contributed by atoms with Crippen LogP contribution < -0.4 is 21.3 Å². The second-order valence-electron chi connectivity index (χ2n) is 6.09. The lowest BCUT2D eigenvalue weighted by atomic mass is 9.96. The molecule has 0 fully saturated rings. The third kappa shape index (κ3) is 6.82. The predicted molar refractivity (Wildman–Crippen MR) is 90.2 cm³/mol. The molecule has 0 aromatic heterocycles. The predicted octanol–water partition coefficient (Wildman–Crippen LogP) is 1.93. The highest BCUT2D eigenvalue weighted by Crippen LogP contribution is 2.14. The van der Waals surface area contributed by atoms with Gasteiger partial charge in [0.05, 0.1) is 0 Å². The van der Waals surface area contributed by atoms with Crippen LogP contribution in [0.1, 0.15) is 27.2 Å². The first-order chi connectivity index (χ1) is 10.7. The summed E-state index contributed by atoms with van der Waals surface area (Å²) in [7, 11) is 1.53. The van der Waals surface area contributed by atoms with Crippen LogP contribution in [0.5, 0.6) is 0 Å². The Labute approximate surface area is 136 Å². The number of carbonyl (C=O) groups excluding carboxylic acids is 3. The fourth-order valence-electron chi connectivity index (χ4n) is 1.61. The van der Waals surface area contributed by atoms with Gasteiger partial charge in [-0.05, 0) is 24.3 Å². The number of amides is 4. The molecule has 4 amide bonds. The summed E-state index contributed by atoms with van der Waals surface area (Å²) in [5, 5.41) is 10.5. The minimum Gasteiger partial charge on any atom is -0.355 e. The normalized spacial score (nSPS) is 10.6. The third-order valence-electron chi connectivity index (χ3n) is 2.97. The molecule has 4 N–H and O–H groups in total. The van der Waals surface area contributed by atoms with E-state index in [4.69, 9.17) is 0 Å². The Kier molecular flexibility index (Phi) is 6.56. The molecule has 0 saturated heterocycles. The van der Waals surface area contributed by atoms with Crippen molar-refractivity contribution in [2.75, 3.05) is 24.2 Å². The SMILES string of the molecule is CNC(=O)Nc1ccc(NC(=O)CCNC(=O)C(C)(C)C)cc1. The summed E-state index contributed by atoms with van der Waals surface area (Å²) in [4.78, 5) is 34.6. The molecule has 0 atom stereocenters. The molecule has 126 valence electrons. The van der Waals surface area contributed by atoms with Crippen LogP contribution in [-0.4, -0.2) is 31.4 Å². The van der Waals surface area contributed by atoms with Crippen molar-refractivity contribution in [1.82, 2.24) is 10.6 Å². The first kappa shape index (κ1) is 18.5. The van der Waals surface area contributed by atoms with E-state index < -0.39 is 5.41 Å². The van der Waals surface area contributed by atoms with Crippen LogP contribution in [0.3, 0.4) is 0 Å². The Hall–Kier alpha value is -2.57. The quantitative estimate of drug-likeness (QED) is 0.667. The molecule has 0 aliphatic heterocycles. The van der Waals surface area contributed by atoms with E-state index in [1.54, 1.807) is 24.3 Å². The molecule has 0 unspecified atom stereocenters. The lowest BCUT2D eigenvalue weighted by Gasteiger charge is -2.17. The van der Waals surface area contributed by atoms with Gasteiger partial charge in [0.15, 0.2) is 0 Å². The molecule has 0 spiro atoms. The zero-order chi connectivity index (χ0) is 17.5. The maximum absolute atomic E-state index is 11.8. The minimum atomic E-state index is -0.468. The summed E-state index contributed by atoms with van der Waals surface area (Å²) >= 11 is 0. The van der Waals surface area contributed by atoms with Crippen LogP contribution in [0.25, 0.3) is 0 Å². The summed E-state index contributed by atoms with van der Waals surface area (Å²) in [6.07, 6.45) is 0.195. The summed E-state index contributed by atoms with van der Waals surface area (Å²) in [5.74, 6) is -0.277. The first-order valence-electron chi connectivity index (χ1n) is 7.39. The number of benzene rings is 1. The van der Waals surface area contributed by atoms with Crippen LogP contribution in [-0.2, 0) is 9.59 Å². The molecule has 0 heterocycles. The van der Waals surface area contributed by atoms with Crippen molar-refractivity contribution in [2.45, 2.75) is 27.2 Å². The van der Waals surface area contributed by atoms with Crippen LogP contribution in [0.4, 0.5) is 16.2 Å². The van der Waals surface area contributed by atoms with Gasteiger partial charge in [-0.15, -0.1) is 0 Å². The van der Waals surface area contributed by atoms with E-state index in [-0.39, 0.29) is 30.8 Å². The molecule has 23 heavy (non-hydrogen) atoms. The van der Waals surface area contributed by atoms with Crippen molar-refractivity contribution < 1.29 is 14.4 Å². The number of hydrogen-bond donors (Lipinski definition) is 4. The highest BCUT2D eigenvalue weighted by molar-refractivity contribution is 5.92. The van der Waals surface area contributed by atoms with Crippen molar-refractivity contribution in [3.8, 4) is 0 Å². The number of anilines is 2. The van der Waals surface area contributed by atoms with Gasteiger partial charge in [-0.1, -0.05) is 20.8 Å². The van der Waals surface area contributed by atoms with Gasteiger partial charge < -0.3 is 21.3 Å². The average Bonchev–Trinajstić information content (AvgIpc) is 2.48. The van der Waals surface area contributed by atoms with Crippen LogP contribution in [0.2, 0.25) is 0 Å². The molecule has 1 aromatic rings. The molecule has 0 saturated carbocycles. The van der Waals surface area contributed by atoms with Gasteiger partial charge in [0, 0.05) is 36.8 Å². The van der Waals surface area contributed by atoms with E-state index >= 15 is 0 Å². The molecular formula is C16H24N4O3. The lowest BCUT2D eigenvalue weighted by Crippen LogP contribution is -2.36. The van der Waals surface area contributed by atoms with Crippen molar-refractivity contribution in [3.63, 3.8) is 0 Å². The van der Waals surface area contributed by atoms with Crippen LogP contribution in [0.15, 0.2) is 24.3 Å². The van der Waals surface area contributed by atoms with E-state index in [2.05, 4.69) is 21.3 Å². The zero-order valence-corrected chi connectivity index (χ0v) is 13.9. The van der Waals surface area contributed by atoms with E-state index in [0.29, 0.717) is 11.4 Å². The van der Waals surface area contributed by atoms with E-state index in [1.165, 1.54) is 7.05 Å². The standard InChI is InChI=1S/C16H24N4O3/c1-16(2,3)14(22)18-10-9-13(21)19-11-5-7-12(8-6-11)20-15(23)17-4/h5-8H,9-10H2,1-4H3,(H,18,22)(H,19,21)(H2,17,20,23). The number of urea groups is 1. The summed E-state index contributed by atoms with van der Waals surface area (Å²) in [6, 6.07) is 6.45. The minimum absolute atomic E-state index is 0.0880. The Morgan fingerprint density at radius 1 is 0.957 bits per heavy atom. The molecule has 0 aliphatic carbocycles. The highest BCUT2D eigenvalue weighted by atomic mass is 16.2. The highest BCUT2D eigenvalue weighted by Gasteiger charge is 2.20. The number of carbonyl (C=O) groups is 3. The molecule has 0 bridgehead atoms. The Bertz CT molecular complexity index is 562. The number of hydrogen-bond acceptors (Lipinski definition) is 3. The lowest BCUT2D eigenvalue weighted by molar-refractivity contribution is -0.128. The summed E-state index contributed by atoms with van der Waals surface area (Å²) < 4.78 is 0. The van der Waals surface area contributed by atoms with E-state index in [9.17, 15) is 14.4 Å². The molecule has 0 radical (unpaired) electrons. The first-order valence-corrected chi connectivity index (χ1v) is 7.39. The van der Waals surface area contributed by atoms with Gasteiger partial charge in [-0.3, -0.25) is 9.59 Å². The second kappa shape index (κ2) is 8.17. The van der Waals surface area contributed by atoms with Gasteiger partial charge in [0.25, 0.3) is 0 Å². The molecule has 1 rings (SSSR count). The fraction of sp³-hybridized carbons (Fsp3) is 0.438. The molecule has 7 nitrogen and oxygen atoms in total. The Balaban J connectivity index is 2.40. The van der Waals surface area contributed by atoms with Crippen molar-refractivity contribution in [3.05, 3.63) is 24.3 Å². The van der Waals surface area contributed by atoms with Crippen LogP contribution >= 0.6 is 0 Å². The maximum Gasteiger partial charge on any atom is 0.318 e. The summed E-state index contributed by atoms with van der Waals surface area (Å²) in [5.41, 5.74) is 0.781. The smallest absolute Gasteiger partial charge is 0.318 e. The van der Waals surface area contributed by atoms with Gasteiger partial charge in [-0.2, -0.15) is 0 Å². The summed E-state index contributed by atoms with van der Waals surface area (Å²) in [6.45, 7) is 5.74. The zero-order valence-electron chi connectivity index (χ0n) is 13.9. The number of nitrogens with one attached hydrogen (secondary N) is 4. The van der Waals surface area contributed by atoms with E-state index in [0.717, 1.165) is 0 Å². The van der Waals surface area contributed by atoms with Crippen molar-refractivity contribution >= 4 is 29.2 Å². The van der Waals surface area contributed by atoms with Gasteiger partial charge in [-0.25, -0.2) is 4.79 Å². The van der Waals surface area contributed by atoms with Crippen molar-refractivity contribution in [2.24, 2.45) is 5.41 Å². The number of rotatable bonds is 5. The average molecular weight is 320 g/mol. The van der Waals surface area contributed by atoms with Gasteiger partial charge >= 0.3 is 6.03 Å². The van der Waals surface area contributed by atoms with Gasteiger partial charge in [0.2, 0.25) is 11.8 Å².